The van der Waals surface area contributed by atoms with Crippen molar-refractivity contribution in [1.29, 1.82) is 0 Å². The van der Waals surface area contributed by atoms with E-state index in [0.717, 1.165) is 16.9 Å². The molecule has 0 aromatic heterocycles. The summed E-state index contributed by atoms with van der Waals surface area (Å²) in [5, 5.41) is 0. The van der Waals surface area contributed by atoms with Crippen molar-refractivity contribution in [2.24, 2.45) is 0 Å². The van der Waals surface area contributed by atoms with Gasteiger partial charge in [0.15, 0.2) is 0 Å². The summed E-state index contributed by atoms with van der Waals surface area (Å²) < 4.78 is 32.1. The Balaban J connectivity index is 1.85. The summed E-state index contributed by atoms with van der Waals surface area (Å²) in [5.41, 5.74) is 2.18. The molecule has 21 heavy (non-hydrogen) atoms. The van der Waals surface area contributed by atoms with Crippen molar-refractivity contribution in [3.8, 4) is 5.75 Å². The second-order valence-electron chi connectivity index (χ2n) is 4.87. The minimum Gasteiger partial charge on any atom is -0.492 e. The summed E-state index contributed by atoms with van der Waals surface area (Å²) in [6.07, 6.45) is 0. The van der Waals surface area contributed by atoms with Crippen LogP contribution in [0.4, 0.5) is 0 Å². The van der Waals surface area contributed by atoms with E-state index in [1.165, 1.54) is 0 Å². The van der Waals surface area contributed by atoms with Crippen LogP contribution in [0.5, 0.6) is 5.75 Å². The van der Waals surface area contributed by atoms with Crippen LogP contribution in [-0.4, -0.2) is 21.6 Å². The molecule has 0 bridgehead atoms. The fourth-order valence-corrected chi connectivity index (χ4v) is 2.79. The zero-order valence-electron chi connectivity index (χ0n) is 12.2. The highest BCUT2D eigenvalue weighted by Crippen LogP contribution is 2.12. The Morgan fingerprint density at radius 2 is 1.43 bits per heavy atom. The topological polar surface area (TPSA) is 55.4 Å². The first-order valence-electron chi connectivity index (χ1n) is 6.73. The first-order valence-corrected chi connectivity index (χ1v) is 8.21. The van der Waals surface area contributed by atoms with Crippen LogP contribution in [0.1, 0.15) is 11.1 Å². The second kappa shape index (κ2) is 6.74. The average molecular weight is 305 g/mol. The van der Waals surface area contributed by atoms with Gasteiger partial charge in [0.2, 0.25) is 10.0 Å². The van der Waals surface area contributed by atoms with E-state index in [4.69, 9.17) is 4.74 Å². The van der Waals surface area contributed by atoms with Crippen LogP contribution in [0.15, 0.2) is 53.4 Å². The summed E-state index contributed by atoms with van der Waals surface area (Å²) in [6.45, 7) is 4.43. The lowest BCUT2D eigenvalue weighted by atomic mass is 10.2. The number of rotatable bonds is 6. The Bertz CT molecular complexity index is 676. The third-order valence-corrected chi connectivity index (χ3v) is 4.49. The van der Waals surface area contributed by atoms with Crippen molar-refractivity contribution in [3.63, 3.8) is 0 Å². The largest absolute Gasteiger partial charge is 0.492 e. The first-order chi connectivity index (χ1) is 9.97. The molecule has 0 unspecified atom stereocenters. The molecule has 2 aromatic carbocycles. The van der Waals surface area contributed by atoms with E-state index >= 15 is 0 Å². The van der Waals surface area contributed by atoms with Gasteiger partial charge in [0.25, 0.3) is 0 Å². The first kappa shape index (κ1) is 15.5. The van der Waals surface area contributed by atoms with Crippen LogP contribution in [0, 0.1) is 13.8 Å². The highest BCUT2D eigenvalue weighted by molar-refractivity contribution is 7.89. The molecule has 0 aliphatic heterocycles. The Morgan fingerprint density at radius 1 is 0.905 bits per heavy atom. The molecule has 0 fully saturated rings. The van der Waals surface area contributed by atoms with Crippen molar-refractivity contribution >= 4 is 10.0 Å². The zero-order chi connectivity index (χ0) is 15.3. The molecule has 0 aliphatic rings. The third-order valence-electron chi connectivity index (χ3n) is 3.02. The zero-order valence-corrected chi connectivity index (χ0v) is 13.0. The van der Waals surface area contributed by atoms with Gasteiger partial charge in [-0.3, -0.25) is 0 Å². The maximum Gasteiger partial charge on any atom is 0.240 e. The van der Waals surface area contributed by atoms with E-state index in [1.807, 2.05) is 38.1 Å². The van der Waals surface area contributed by atoms with Gasteiger partial charge in [0, 0.05) is 6.54 Å². The van der Waals surface area contributed by atoms with Crippen LogP contribution < -0.4 is 9.46 Å². The van der Waals surface area contributed by atoms with Gasteiger partial charge in [0.05, 0.1) is 4.90 Å². The molecule has 4 nitrogen and oxygen atoms in total. The number of sulfonamides is 1. The van der Waals surface area contributed by atoms with Crippen molar-refractivity contribution in [3.05, 3.63) is 59.7 Å². The van der Waals surface area contributed by atoms with Gasteiger partial charge in [-0.15, -0.1) is 0 Å². The van der Waals surface area contributed by atoms with E-state index < -0.39 is 10.0 Å². The summed E-state index contributed by atoms with van der Waals surface area (Å²) >= 11 is 0. The van der Waals surface area contributed by atoms with Gasteiger partial charge in [0.1, 0.15) is 12.4 Å². The molecule has 2 rings (SSSR count). The lowest BCUT2D eigenvalue weighted by Gasteiger charge is -2.09. The van der Waals surface area contributed by atoms with Crippen LogP contribution in [-0.2, 0) is 10.0 Å². The minimum atomic E-state index is -3.47. The Hall–Kier alpha value is -1.85. The van der Waals surface area contributed by atoms with E-state index in [1.54, 1.807) is 24.3 Å². The molecule has 0 saturated carbocycles. The third kappa shape index (κ3) is 4.58. The predicted octanol–water partition coefficient (Wildman–Crippen LogP) is 2.66. The number of ether oxygens (including phenoxy) is 1. The SMILES string of the molecule is Cc1ccc(OCCNS(=O)(=O)c2ccc(C)cc2)cc1. The van der Waals surface area contributed by atoms with Crippen LogP contribution in [0.2, 0.25) is 0 Å². The molecule has 0 heterocycles. The molecule has 0 aliphatic carbocycles. The van der Waals surface area contributed by atoms with Crippen molar-refractivity contribution < 1.29 is 13.2 Å². The van der Waals surface area contributed by atoms with E-state index in [9.17, 15) is 8.42 Å². The molecule has 112 valence electrons. The summed E-state index contributed by atoms with van der Waals surface area (Å²) in [4.78, 5) is 0.267. The highest BCUT2D eigenvalue weighted by Gasteiger charge is 2.12. The molecule has 0 radical (unpaired) electrons. The highest BCUT2D eigenvalue weighted by atomic mass is 32.2. The van der Waals surface area contributed by atoms with Gasteiger partial charge in [-0.2, -0.15) is 0 Å². The van der Waals surface area contributed by atoms with Crippen molar-refractivity contribution in [2.75, 3.05) is 13.2 Å². The molecule has 0 saturated heterocycles. The molecule has 5 heteroatoms. The molecular weight excluding hydrogens is 286 g/mol. The molecular formula is C16H19NO3S. The Kier molecular flexibility index (Phi) is 4.98. The summed E-state index contributed by atoms with van der Waals surface area (Å²) in [5.74, 6) is 0.732. The smallest absolute Gasteiger partial charge is 0.240 e. The van der Waals surface area contributed by atoms with Crippen LogP contribution in [0.25, 0.3) is 0 Å². The second-order valence-corrected chi connectivity index (χ2v) is 6.64. The van der Waals surface area contributed by atoms with Gasteiger partial charge >= 0.3 is 0 Å². The number of aryl methyl sites for hydroxylation is 2. The van der Waals surface area contributed by atoms with Crippen molar-refractivity contribution in [2.45, 2.75) is 18.7 Å². The van der Waals surface area contributed by atoms with E-state index in [2.05, 4.69) is 4.72 Å². The van der Waals surface area contributed by atoms with Crippen LogP contribution >= 0.6 is 0 Å². The van der Waals surface area contributed by atoms with E-state index in [-0.39, 0.29) is 18.0 Å². The quantitative estimate of drug-likeness (QED) is 0.835. The van der Waals surface area contributed by atoms with Crippen LogP contribution in [0.3, 0.4) is 0 Å². The fraction of sp³-hybridized carbons (Fsp3) is 0.250. The van der Waals surface area contributed by atoms with Gasteiger partial charge < -0.3 is 4.74 Å². The maximum atomic E-state index is 12.0. The van der Waals surface area contributed by atoms with Gasteiger partial charge in [-0.1, -0.05) is 35.4 Å². The minimum absolute atomic E-state index is 0.226. The molecule has 1 N–H and O–H groups in total. The standard InChI is InChI=1S/C16H19NO3S/c1-13-3-7-15(8-4-13)20-12-11-17-21(18,19)16-9-5-14(2)6-10-16/h3-10,17H,11-12H2,1-2H3. The number of benzene rings is 2. The Morgan fingerprint density at radius 3 is 2.00 bits per heavy atom. The lowest BCUT2D eigenvalue weighted by Crippen LogP contribution is -2.28. The Labute approximate surface area is 125 Å². The van der Waals surface area contributed by atoms with Crippen molar-refractivity contribution in [1.82, 2.24) is 4.72 Å². The fourth-order valence-electron chi connectivity index (χ4n) is 1.78. The number of hydrogen-bond acceptors (Lipinski definition) is 3. The summed E-state index contributed by atoms with van der Waals surface area (Å²) in [6, 6.07) is 14.4. The monoisotopic (exact) mass is 305 g/mol. The lowest BCUT2D eigenvalue weighted by molar-refractivity contribution is 0.323. The molecule has 0 amide bonds. The van der Waals surface area contributed by atoms with Gasteiger partial charge in [-0.25, -0.2) is 13.1 Å². The van der Waals surface area contributed by atoms with E-state index in [0.29, 0.717) is 0 Å². The predicted molar refractivity (Wildman–Crippen MR) is 83.0 cm³/mol. The molecule has 2 aromatic rings. The summed E-state index contributed by atoms with van der Waals surface area (Å²) in [7, 11) is -3.47. The maximum absolute atomic E-state index is 12.0. The number of nitrogens with one attached hydrogen (secondary N) is 1. The molecule has 0 spiro atoms. The molecule has 0 atom stereocenters. The van der Waals surface area contributed by atoms with Gasteiger partial charge in [-0.05, 0) is 38.1 Å². The average Bonchev–Trinajstić information content (AvgIpc) is 2.46. The normalized spacial score (nSPS) is 11.3. The number of hydrogen-bond donors (Lipinski definition) is 1.